The van der Waals surface area contributed by atoms with E-state index < -0.39 is 21.8 Å². The van der Waals surface area contributed by atoms with Crippen LogP contribution in [0.25, 0.3) is 0 Å². The molecule has 0 spiro atoms. The Kier molecular flexibility index (Phi) is 5.05. The maximum atomic E-state index is 12.3. The van der Waals surface area contributed by atoms with E-state index in [1.165, 1.54) is 48.5 Å². The number of nitrogens with two attached hydrogens (primary N) is 2. The van der Waals surface area contributed by atoms with E-state index >= 15 is 0 Å². The molecule has 2 aromatic carbocycles. The average Bonchev–Trinajstić information content (AvgIpc) is 2.54. The molecule has 8 nitrogen and oxygen atoms in total. The quantitative estimate of drug-likeness (QED) is 0.665. The molecule has 0 aliphatic rings. The van der Waals surface area contributed by atoms with Gasteiger partial charge < -0.3 is 16.2 Å². The van der Waals surface area contributed by atoms with Gasteiger partial charge in [-0.25, -0.2) is 8.42 Å². The number of carbonyl (C=O) groups excluding carboxylic acids is 2. The number of nitrogens with one attached hydrogen (secondary N) is 1. The summed E-state index contributed by atoms with van der Waals surface area (Å²) in [5, 5.41) is 0. The molecule has 0 radical (unpaired) electrons. The van der Waals surface area contributed by atoms with Gasteiger partial charge in [0.25, 0.3) is 15.9 Å². The highest BCUT2D eigenvalue weighted by atomic mass is 32.2. The molecule has 0 saturated heterocycles. The Morgan fingerprint density at radius 1 is 0.958 bits per heavy atom. The lowest BCUT2D eigenvalue weighted by Crippen LogP contribution is -2.20. The first-order chi connectivity index (χ1) is 11.3. The van der Waals surface area contributed by atoms with Crippen LogP contribution in [-0.2, 0) is 14.8 Å². The van der Waals surface area contributed by atoms with E-state index in [1.54, 1.807) is 0 Å². The third-order valence-electron chi connectivity index (χ3n) is 2.94. The molecule has 0 aliphatic carbocycles. The predicted molar refractivity (Wildman–Crippen MR) is 86.9 cm³/mol. The fraction of sp³-hybridized carbons (Fsp3) is 0.0667. The third kappa shape index (κ3) is 4.46. The van der Waals surface area contributed by atoms with Gasteiger partial charge in [0.2, 0.25) is 5.91 Å². The molecule has 0 unspecified atom stereocenters. The van der Waals surface area contributed by atoms with Crippen molar-refractivity contribution < 1.29 is 22.7 Å². The number of sulfonamides is 1. The number of anilines is 1. The molecule has 0 fully saturated rings. The van der Waals surface area contributed by atoms with Gasteiger partial charge in [0, 0.05) is 11.3 Å². The summed E-state index contributed by atoms with van der Waals surface area (Å²) in [5.41, 5.74) is 10.6. The Balaban J connectivity index is 2.11. The maximum Gasteiger partial charge on any atom is 0.261 e. The summed E-state index contributed by atoms with van der Waals surface area (Å²) in [6, 6.07) is 11.2. The van der Waals surface area contributed by atoms with Gasteiger partial charge in [0.05, 0.1) is 4.90 Å². The lowest BCUT2D eigenvalue weighted by atomic mass is 10.2. The zero-order valence-corrected chi connectivity index (χ0v) is 13.2. The van der Waals surface area contributed by atoms with E-state index in [1.807, 2.05) is 0 Å². The Labute approximate surface area is 138 Å². The van der Waals surface area contributed by atoms with Crippen molar-refractivity contribution in [1.82, 2.24) is 0 Å². The standard InChI is InChI=1S/C15H15N3O5S/c16-14(19)9-23-12-5-3-11(4-6-12)18-24(21,22)13-7-1-10(2-8-13)15(17)20/h1-8,18H,9H2,(H2,16,19)(H2,17,20). The third-order valence-corrected chi connectivity index (χ3v) is 4.33. The first-order valence-corrected chi connectivity index (χ1v) is 8.20. The second-order valence-electron chi connectivity index (χ2n) is 4.77. The monoisotopic (exact) mass is 349 g/mol. The van der Waals surface area contributed by atoms with Crippen LogP contribution in [0.1, 0.15) is 10.4 Å². The van der Waals surface area contributed by atoms with Gasteiger partial charge in [-0.3, -0.25) is 14.3 Å². The number of rotatable bonds is 7. The van der Waals surface area contributed by atoms with Gasteiger partial charge in [0.15, 0.2) is 6.61 Å². The van der Waals surface area contributed by atoms with Crippen LogP contribution in [0.15, 0.2) is 53.4 Å². The van der Waals surface area contributed by atoms with Gasteiger partial charge in [-0.2, -0.15) is 0 Å². The number of ether oxygens (including phenoxy) is 1. The molecule has 0 saturated carbocycles. The normalized spacial score (nSPS) is 10.8. The fourth-order valence-corrected chi connectivity index (χ4v) is 2.84. The van der Waals surface area contributed by atoms with Crippen molar-refractivity contribution in [2.75, 3.05) is 11.3 Å². The van der Waals surface area contributed by atoms with E-state index in [0.29, 0.717) is 11.4 Å². The molecule has 24 heavy (non-hydrogen) atoms. The molecule has 2 amide bonds. The molecular weight excluding hydrogens is 334 g/mol. The molecule has 0 aliphatic heterocycles. The first kappa shape index (κ1) is 17.3. The van der Waals surface area contributed by atoms with E-state index in [2.05, 4.69) is 4.72 Å². The van der Waals surface area contributed by atoms with Crippen LogP contribution >= 0.6 is 0 Å². The van der Waals surface area contributed by atoms with Crippen LogP contribution in [0.3, 0.4) is 0 Å². The van der Waals surface area contributed by atoms with Gasteiger partial charge >= 0.3 is 0 Å². The minimum Gasteiger partial charge on any atom is -0.484 e. The highest BCUT2D eigenvalue weighted by molar-refractivity contribution is 7.92. The molecule has 126 valence electrons. The molecule has 9 heteroatoms. The summed E-state index contributed by atoms with van der Waals surface area (Å²) >= 11 is 0. The lowest BCUT2D eigenvalue weighted by Gasteiger charge is -2.09. The summed E-state index contributed by atoms with van der Waals surface area (Å²) in [7, 11) is -3.81. The van der Waals surface area contributed by atoms with Crippen molar-refractivity contribution >= 4 is 27.5 Å². The Morgan fingerprint density at radius 3 is 2.04 bits per heavy atom. The molecule has 2 rings (SSSR count). The Hall–Kier alpha value is -3.07. The number of hydrogen-bond acceptors (Lipinski definition) is 5. The zero-order chi connectivity index (χ0) is 17.7. The van der Waals surface area contributed by atoms with Crippen LogP contribution < -0.4 is 20.9 Å². The van der Waals surface area contributed by atoms with Gasteiger partial charge in [-0.1, -0.05) is 0 Å². The number of hydrogen-bond donors (Lipinski definition) is 3. The zero-order valence-electron chi connectivity index (χ0n) is 12.4. The van der Waals surface area contributed by atoms with Crippen molar-refractivity contribution in [3.05, 3.63) is 54.1 Å². The van der Waals surface area contributed by atoms with Crippen LogP contribution in [0.2, 0.25) is 0 Å². The molecule has 0 aromatic heterocycles. The number of benzene rings is 2. The van der Waals surface area contributed by atoms with Crippen molar-refractivity contribution in [1.29, 1.82) is 0 Å². The Morgan fingerprint density at radius 2 is 1.54 bits per heavy atom. The number of carbonyl (C=O) groups is 2. The van der Waals surface area contributed by atoms with Crippen molar-refractivity contribution in [2.24, 2.45) is 11.5 Å². The molecule has 0 bridgehead atoms. The highest BCUT2D eigenvalue weighted by Crippen LogP contribution is 2.19. The van der Waals surface area contributed by atoms with E-state index in [9.17, 15) is 18.0 Å². The summed E-state index contributed by atoms with van der Waals surface area (Å²) in [6.07, 6.45) is 0. The fourth-order valence-electron chi connectivity index (χ4n) is 1.79. The van der Waals surface area contributed by atoms with Crippen molar-refractivity contribution in [2.45, 2.75) is 4.90 Å². The van der Waals surface area contributed by atoms with E-state index in [-0.39, 0.29) is 17.1 Å². The van der Waals surface area contributed by atoms with Crippen LogP contribution in [0.4, 0.5) is 5.69 Å². The van der Waals surface area contributed by atoms with Gasteiger partial charge in [-0.15, -0.1) is 0 Å². The average molecular weight is 349 g/mol. The molecular formula is C15H15N3O5S. The smallest absolute Gasteiger partial charge is 0.261 e. The van der Waals surface area contributed by atoms with Gasteiger partial charge in [0.1, 0.15) is 5.75 Å². The molecule has 0 heterocycles. The molecule has 0 atom stereocenters. The van der Waals surface area contributed by atoms with Crippen molar-refractivity contribution in [3.8, 4) is 5.75 Å². The second-order valence-corrected chi connectivity index (χ2v) is 6.46. The summed E-state index contributed by atoms with van der Waals surface area (Å²) in [5.74, 6) is -0.875. The van der Waals surface area contributed by atoms with E-state index in [4.69, 9.17) is 16.2 Å². The lowest BCUT2D eigenvalue weighted by molar-refractivity contribution is -0.119. The molecule has 5 N–H and O–H groups in total. The Bertz CT molecular complexity index is 846. The van der Waals surface area contributed by atoms with Crippen LogP contribution in [-0.4, -0.2) is 26.8 Å². The topological polar surface area (TPSA) is 142 Å². The van der Waals surface area contributed by atoms with Gasteiger partial charge in [-0.05, 0) is 48.5 Å². The maximum absolute atomic E-state index is 12.3. The SMILES string of the molecule is NC(=O)COc1ccc(NS(=O)(=O)c2ccc(C(N)=O)cc2)cc1. The minimum absolute atomic E-state index is 0.0124. The second kappa shape index (κ2) is 7.01. The van der Waals surface area contributed by atoms with E-state index in [0.717, 1.165) is 0 Å². The van der Waals surface area contributed by atoms with Crippen LogP contribution in [0, 0.1) is 0 Å². The summed E-state index contributed by atoms with van der Waals surface area (Å²) in [4.78, 5) is 21.6. The largest absolute Gasteiger partial charge is 0.484 e. The highest BCUT2D eigenvalue weighted by Gasteiger charge is 2.14. The summed E-state index contributed by atoms with van der Waals surface area (Å²) in [6.45, 7) is -0.267. The van der Waals surface area contributed by atoms with Crippen molar-refractivity contribution in [3.63, 3.8) is 0 Å². The minimum atomic E-state index is -3.81. The number of amides is 2. The first-order valence-electron chi connectivity index (χ1n) is 6.72. The number of primary amides is 2. The summed E-state index contributed by atoms with van der Waals surface area (Å²) < 4.78 is 32.0. The predicted octanol–water partition coefficient (Wildman–Crippen LogP) is 0.450. The molecule has 2 aromatic rings. The van der Waals surface area contributed by atoms with Crippen LogP contribution in [0.5, 0.6) is 5.75 Å².